The van der Waals surface area contributed by atoms with E-state index in [1.54, 1.807) is 13.8 Å². The van der Waals surface area contributed by atoms with Gasteiger partial charge in [-0.25, -0.2) is 4.79 Å². The van der Waals surface area contributed by atoms with Gasteiger partial charge in [-0.05, 0) is 45.6 Å². The van der Waals surface area contributed by atoms with Gasteiger partial charge < -0.3 is 9.15 Å². The van der Waals surface area contributed by atoms with Gasteiger partial charge in [0.15, 0.2) is 0 Å². The average Bonchev–Trinajstić information content (AvgIpc) is 2.94. The van der Waals surface area contributed by atoms with Gasteiger partial charge in [0.1, 0.15) is 17.6 Å². The van der Waals surface area contributed by atoms with Gasteiger partial charge >= 0.3 is 5.97 Å². The van der Waals surface area contributed by atoms with Crippen molar-refractivity contribution in [2.45, 2.75) is 40.7 Å². The van der Waals surface area contributed by atoms with Gasteiger partial charge in [0.05, 0.1) is 18.4 Å². The van der Waals surface area contributed by atoms with E-state index in [1.165, 1.54) is 12.0 Å². The fourth-order valence-electron chi connectivity index (χ4n) is 3.66. The van der Waals surface area contributed by atoms with E-state index in [-0.39, 0.29) is 5.91 Å². The quantitative estimate of drug-likeness (QED) is 0.607. The van der Waals surface area contributed by atoms with E-state index in [0.717, 1.165) is 21.9 Å². The zero-order valence-corrected chi connectivity index (χ0v) is 17.1. The Labute approximate surface area is 164 Å². The Bertz CT molecular complexity index is 1060. The van der Waals surface area contributed by atoms with E-state index in [2.05, 4.69) is 0 Å². The summed E-state index contributed by atoms with van der Waals surface area (Å²) in [6.45, 7) is 9.07. The van der Waals surface area contributed by atoms with E-state index < -0.39 is 12.0 Å². The van der Waals surface area contributed by atoms with Crippen LogP contribution in [0.2, 0.25) is 0 Å². The van der Waals surface area contributed by atoms with Gasteiger partial charge in [-0.2, -0.15) is 0 Å². The highest BCUT2D eigenvalue weighted by Crippen LogP contribution is 2.34. The second kappa shape index (κ2) is 7.50. The van der Waals surface area contributed by atoms with E-state index in [0.29, 0.717) is 22.8 Å². The third-order valence-electron chi connectivity index (χ3n) is 5.27. The molecule has 0 aliphatic rings. The number of esters is 1. The monoisotopic (exact) mass is 379 g/mol. The molecule has 0 aliphatic carbocycles. The molecule has 1 heterocycles. The molecule has 3 aromatic rings. The summed E-state index contributed by atoms with van der Waals surface area (Å²) in [5.41, 5.74) is 2.88. The number of rotatable bonds is 4. The largest absolute Gasteiger partial charge is 0.467 e. The molecule has 0 N–H and O–H groups in total. The molecule has 0 radical (unpaired) electrons. The Kier molecular flexibility index (Phi) is 5.27. The highest BCUT2D eigenvalue weighted by Gasteiger charge is 2.34. The molecule has 1 amide bonds. The zero-order chi connectivity index (χ0) is 20.6. The third kappa shape index (κ3) is 3.17. The number of carbonyl (C=O) groups is 2. The van der Waals surface area contributed by atoms with Crippen LogP contribution in [0, 0.1) is 27.7 Å². The Morgan fingerprint density at radius 1 is 1.00 bits per heavy atom. The second-order valence-electron chi connectivity index (χ2n) is 7.04. The lowest BCUT2D eigenvalue weighted by Gasteiger charge is -2.30. The average molecular weight is 379 g/mol. The van der Waals surface area contributed by atoms with Crippen molar-refractivity contribution in [2.75, 3.05) is 12.0 Å². The number of ether oxygens (including phenoxy) is 1. The molecule has 28 heavy (non-hydrogen) atoms. The summed E-state index contributed by atoms with van der Waals surface area (Å²) in [5.74, 6) is 0.488. The molecule has 3 rings (SSSR count). The normalized spacial score (nSPS) is 12.1. The van der Waals surface area contributed by atoms with Crippen LogP contribution in [0.1, 0.15) is 39.9 Å². The van der Waals surface area contributed by atoms with Crippen LogP contribution >= 0.6 is 0 Å². The number of hydrogen-bond acceptors (Lipinski definition) is 4. The SMILES string of the molecule is COC(=O)[C@H](C)N(C(=O)c1c(C)oc(C)c1C)c1c(C)ccc2ccccc12. The fourth-order valence-corrected chi connectivity index (χ4v) is 3.66. The van der Waals surface area contributed by atoms with Crippen molar-refractivity contribution in [3.8, 4) is 0 Å². The Balaban J connectivity index is 2.29. The summed E-state index contributed by atoms with van der Waals surface area (Å²) in [6.07, 6.45) is 0. The first-order chi connectivity index (χ1) is 13.3. The minimum atomic E-state index is -0.795. The molecule has 1 atom stereocenters. The van der Waals surface area contributed by atoms with Gasteiger partial charge in [-0.3, -0.25) is 9.69 Å². The number of aryl methyl sites for hydroxylation is 3. The molecular formula is C23H25NO4. The number of furan rings is 1. The third-order valence-corrected chi connectivity index (χ3v) is 5.27. The van der Waals surface area contributed by atoms with Crippen LogP contribution in [0.15, 0.2) is 40.8 Å². The lowest BCUT2D eigenvalue weighted by molar-refractivity contribution is -0.141. The molecule has 0 fully saturated rings. The summed E-state index contributed by atoms with van der Waals surface area (Å²) in [5, 5.41) is 1.90. The van der Waals surface area contributed by atoms with Gasteiger partial charge in [0.25, 0.3) is 5.91 Å². The van der Waals surface area contributed by atoms with Crippen molar-refractivity contribution in [1.29, 1.82) is 0 Å². The van der Waals surface area contributed by atoms with Crippen molar-refractivity contribution >= 4 is 28.3 Å². The predicted molar refractivity (Wildman–Crippen MR) is 110 cm³/mol. The van der Waals surface area contributed by atoms with Gasteiger partial charge in [0.2, 0.25) is 0 Å². The smallest absolute Gasteiger partial charge is 0.328 e. The Hall–Kier alpha value is -3.08. The summed E-state index contributed by atoms with van der Waals surface area (Å²) in [4.78, 5) is 27.7. The number of amides is 1. The number of methoxy groups -OCH3 is 1. The Morgan fingerprint density at radius 3 is 2.29 bits per heavy atom. The van der Waals surface area contributed by atoms with Crippen LogP contribution in [0.4, 0.5) is 5.69 Å². The maximum atomic E-state index is 13.7. The molecule has 5 heteroatoms. The number of anilines is 1. The fraction of sp³-hybridized carbons (Fsp3) is 0.304. The van der Waals surface area contributed by atoms with Crippen LogP contribution < -0.4 is 4.90 Å². The van der Waals surface area contributed by atoms with Crippen LogP contribution in [-0.2, 0) is 9.53 Å². The van der Waals surface area contributed by atoms with Crippen LogP contribution in [0.5, 0.6) is 0 Å². The zero-order valence-electron chi connectivity index (χ0n) is 17.1. The first-order valence-corrected chi connectivity index (χ1v) is 9.24. The van der Waals surface area contributed by atoms with E-state index in [9.17, 15) is 9.59 Å². The maximum Gasteiger partial charge on any atom is 0.328 e. The van der Waals surface area contributed by atoms with Gasteiger partial charge in [-0.1, -0.05) is 36.4 Å². The van der Waals surface area contributed by atoms with Gasteiger partial charge in [0, 0.05) is 10.9 Å². The van der Waals surface area contributed by atoms with Crippen molar-refractivity contribution in [3.05, 3.63) is 64.6 Å². The molecule has 0 saturated carbocycles. The predicted octanol–water partition coefficient (Wildman–Crippen LogP) is 4.87. The lowest BCUT2D eigenvalue weighted by Crippen LogP contribution is -2.45. The van der Waals surface area contributed by atoms with E-state index >= 15 is 0 Å². The summed E-state index contributed by atoms with van der Waals surface area (Å²) in [7, 11) is 1.33. The number of carbonyl (C=O) groups excluding carboxylic acids is 2. The van der Waals surface area contributed by atoms with E-state index in [4.69, 9.17) is 9.15 Å². The molecule has 0 unspecified atom stereocenters. The molecule has 146 valence electrons. The van der Waals surface area contributed by atoms with E-state index in [1.807, 2.05) is 57.2 Å². The number of fused-ring (bicyclic) bond motifs is 1. The summed E-state index contributed by atoms with van der Waals surface area (Å²) < 4.78 is 10.6. The number of nitrogens with zero attached hydrogens (tertiary/aromatic N) is 1. The minimum Gasteiger partial charge on any atom is -0.467 e. The highest BCUT2D eigenvalue weighted by molar-refractivity contribution is 6.15. The lowest BCUT2D eigenvalue weighted by atomic mass is 10.0. The molecule has 0 aliphatic heterocycles. The first-order valence-electron chi connectivity index (χ1n) is 9.24. The molecule has 2 aromatic carbocycles. The summed E-state index contributed by atoms with van der Waals surface area (Å²) >= 11 is 0. The molecule has 5 nitrogen and oxygen atoms in total. The molecule has 0 saturated heterocycles. The Morgan fingerprint density at radius 2 is 1.68 bits per heavy atom. The minimum absolute atomic E-state index is 0.274. The second-order valence-corrected chi connectivity index (χ2v) is 7.04. The summed E-state index contributed by atoms with van der Waals surface area (Å²) in [6, 6.07) is 11.0. The molecule has 1 aromatic heterocycles. The molecular weight excluding hydrogens is 354 g/mol. The van der Waals surface area contributed by atoms with Crippen molar-refractivity contribution in [2.24, 2.45) is 0 Å². The van der Waals surface area contributed by atoms with Crippen LogP contribution in [-0.4, -0.2) is 25.0 Å². The standard InChI is InChI=1S/C23H25NO4/c1-13-11-12-18-9-7-8-10-19(18)21(13)24(15(3)23(26)27-6)22(25)20-14(2)16(4)28-17(20)5/h7-12,15H,1-6H3/t15-/m0/s1. The molecule has 0 spiro atoms. The van der Waals surface area contributed by atoms with Crippen molar-refractivity contribution in [3.63, 3.8) is 0 Å². The van der Waals surface area contributed by atoms with Crippen molar-refractivity contribution < 1.29 is 18.7 Å². The van der Waals surface area contributed by atoms with Crippen LogP contribution in [0.3, 0.4) is 0 Å². The molecule has 0 bridgehead atoms. The topological polar surface area (TPSA) is 59.8 Å². The van der Waals surface area contributed by atoms with Crippen LogP contribution in [0.25, 0.3) is 10.8 Å². The van der Waals surface area contributed by atoms with Crippen molar-refractivity contribution in [1.82, 2.24) is 0 Å². The first kappa shape index (κ1) is 19.7. The van der Waals surface area contributed by atoms with Gasteiger partial charge in [-0.15, -0.1) is 0 Å². The highest BCUT2D eigenvalue weighted by atomic mass is 16.5. The maximum absolute atomic E-state index is 13.7. The number of hydrogen-bond donors (Lipinski definition) is 0. The number of benzene rings is 2.